The number of carbonyl (C=O) groups excluding carboxylic acids is 1. The Kier molecular flexibility index (Phi) is 5.23. The molecular formula is C19H16BrN3O. The molecular weight excluding hydrogens is 366 g/mol. The third-order valence-corrected chi connectivity index (χ3v) is 3.97. The first-order valence-corrected chi connectivity index (χ1v) is 8.31. The summed E-state index contributed by atoms with van der Waals surface area (Å²) in [7, 11) is 0. The first kappa shape index (κ1) is 16.2. The largest absolute Gasteiger partial charge is 0.376 e. The van der Waals surface area contributed by atoms with Crippen molar-refractivity contribution in [3.8, 4) is 0 Å². The molecule has 3 aromatic rings. The van der Waals surface area contributed by atoms with Crippen molar-refractivity contribution in [1.82, 2.24) is 5.43 Å². The van der Waals surface area contributed by atoms with Gasteiger partial charge in [-0.25, -0.2) is 5.43 Å². The summed E-state index contributed by atoms with van der Waals surface area (Å²) in [6, 6.07) is 21.7. The SMILES string of the molecule is O=C(CNc1cccc2ccccc12)N/N=C/c1cccc(Br)c1. The molecule has 0 aromatic heterocycles. The number of fused-ring (bicyclic) bond motifs is 1. The number of anilines is 1. The van der Waals surface area contributed by atoms with Crippen LogP contribution in [0.25, 0.3) is 10.8 Å². The summed E-state index contributed by atoms with van der Waals surface area (Å²) in [5, 5.41) is 9.35. The second kappa shape index (κ2) is 7.75. The number of hydrazone groups is 1. The summed E-state index contributed by atoms with van der Waals surface area (Å²) >= 11 is 3.39. The third kappa shape index (κ3) is 4.20. The summed E-state index contributed by atoms with van der Waals surface area (Å²) in [6.45, 7) is 0.157. The van der Waals surface area contributed by atoms with E-state index < -0.39 is 0 Å². The van der Waals surface area contributed by atoms with Crippen molar-refractivity contribution in [3.05, 3.63) is 76.8 Å². The fraction of sp³-hybridized carbons (Fsp3) is 0.0526. The monoisotopic (exact) mass is 381 g/mol. The van der Waals surface area contributed by atoms with E-state index in [0.717, 1.165) is 26.5 Å². The predicted octanol–water partition coefficient (Wildman–Crippen LogP) is 4.16. The first-order chi connectivity index (χ1) is 11.7. The van der Waals surface area contributed by atoms with E-state index in [1.54, 1.807) is 6.21 Å². The number of hydrogen-bond donors (Lipinski definition) is 2. The highest BCUT2D eigenvalue weighted by Crippen LogP contribution is 2.22. The second-order valence-corrected chi connectivity index (χ2v) is 6.14. The Morgan fingerprint density at radius 2 is 1.83 bits per heavy atom. The average molecular weight is 382 g/mol. The summed E-state index contributed by atoms with van der Waals surface area (Å²) in [5.74, 6) is -0.200. The van der Waals surface area contributed by atoms with Crippen LogP contribution in [0.1, 0.15) is 5.56 Å². The fourth-order valence-corrected chi connectivity index (χ4v) is 2.78. The van der Waals surface area contributed by atoms with Crippen molar-refractivity contribution < 1.29 is 4.79 Å². The Hall–Kier alpha value is -2.66. The molecule has 0 saturated heterocycles. The van der Waals surface area contributed by atoms with Crippen LogP contribution >= 0.6 is 15.9 Å². The zero-order chi connectivity index (χ0) is 16.8. The van der Waals surface area contributed by atoms with E-state index in [4.69, 9.17) is 0 Å². The van der Waals surface area contributed by atoms with Crippen molar-refractivity contribution in [2.75, 3.05) is 11.9 Å². The fourth-order valence-electron chi connectivity index (χ4n) is 2.36. The van der Waals surface area contributed by atoms with Gasteiger partial charge in [0.1, 0.15) is 0 Å². The lowest BCUT2D eigenvalue weighted by Crippen LogP contribution is -2.25. The number of benzene rings is 3. The lowest BCUT2D eigenvalue weighted by atomic mass is 10.1. The molecule has 0 heterocycles. The van der Waals surface area contributed by atoms with Gasteiger partial charge in [-0.2, -0.15) is 5.10 Å². The molecule has 0 unspecified atom stereocenters. The molecule has 0 aliphatic heterocycles. The maximum Gasteiger partial charge on any atom is 0.259 e. The van der Waals surface area contributed by atoms with Crippen molar-refractivity contribution >= 4 is 44.5 Å². The molecule has 1 amide bonds. The van der Waals surface area contributed by atoms with Gasteiger partial charge in [0.15, 0.2) is 0 Å². The van der Waals surface area contributed by atoms with Crippen LogP contribution in [0.15, 0.2) is 76.3 Å². The van der Waals surface area contributed by atoms with Gasteiger partial charge in [-0.05, 0) is 29.1 Å². The minimum atomic E-state index is -0.200. The molecule has 3 aromatic carbocycles. The molecule has 0 aliphatic rings. The molecule has 0 aliphatic carbocycles. The van der Waals surface area contributed by atoms with E-state index in [-0.39, 0.29) is 12.5 Å². The van der Waals surface area contributed by atoms with Gasteiger partial charge in [0.2, 0.25) is 0 Å². The van der Waals surface area contributed by atoms with Gasteiger partial charge in [0.25, 0.3) is 5.91 Å². The molecule has 0 saturated carbocycles. The molecule has 120 valence electrons. The minimum Gasteiger partial charge on any atom is -0.376 e. The summed E-state index contributed by atoms with van der Waals surface area (Å²) in [5.41, 5.74) is 4.36. The van der Waals surface area contributed by atoms with E-state index in [1.165, 1.54) is 0 Å². The smallest absolute Gasteiger partial charge is 0.259 e. The lowest BCUT2D eigenvalue weighted by molar-refractivity contribution is -0.119. The number of halogens is 1. The van der Waals surface area contributed by atoms with Crippen molar-refractivity contribution in [1.29, 1.82) is 0 Å². The van der Waals surface area contributed by atoms with Gasteiger partial charge in [0, 0.05) is 15.5 Å². The number of amides is 1. The molecule has 2 N–H and O–H groups in total. The van der Waals surface area contributed by atoms with E-state index in [1.807, 2.05) is 66.7 Å². The number of carbonyl (C=O) groups is 1. The Morgan fingerprint density at radius 3 is 2.71 bits per heavy atom. The van der Waals surface area contributed by atoms with Crippen molar-refractivity contribution in [2.24, 2.45) is 5.10 Å². The van der Waals surface area contributed by atoms with Crippen LogP contribution in [-0.2, 0) is 4.79 Å². The van der Waals surface area contributed by atoms with E-state index in [0.29, 0.717) is 0 Å². The van der Waals surface area contributed by atoms with E-state index in [9.17, 15) is 4.79 Å². The molecule has 5 heteroatoms. The second-order valence-electron chi connectivity index (χ2n) is 5.23. The summed E-state index contributed by atoms with van der Waals surface area (Å²) < 4.78 is 0.968. The molecule has 0 radical (unpaired) electrons. The lowest BCUT2D eigenvalue weighted by Gasteiger charge is -2.08. The van der Waals surface area contributed by atoms with Gasteiger partial charge < -0.3 is 5.32 Å². The third-order valence-electron chi connectivity index (χ3n) is 3.48. The van der Waals surface area contributed by atoms with Crippen molar-refractivity contribution in [3.63, 3.8) is 0 Å². The van der Waals surface area contributed by atoms with Gasteiger partial charge >= 0.3 is 0 Å². The zero-order valence-electron chi connectivity index (χ0n) is 12.9. The molecule has 0 atom stereocenters. The van der Waals surface area contributed by atoms with Crippen LogP contribution in [0, 0.1) is 0 Å². The van der Waals surface area contributed by atoms with Crippen LogP contribution in [0.4, 0.5) is 5.69 Å². The number of nitrogens with one attached hydrogen (secondary N) is 2. The molecule has 0 bridgehead atoms. The molecule has 0 spiro atoms. The Bertz CT molecular complexity index is 887. The zero-order valence-corrected chi connectivity index (χ0v) is 14.5. The van der Waals surface area contributed by atoms with Gasteiger partial charge in [-0.3, -0.25) is 4.79 Å². The molecule has 24 heavy (non-hydrogen) atoms. The van der Waals surface area contributed by atoms with Crippen LogP contribution in [0.3, 0.4) is 0 Å². The number of hydrogen-bond acceptors (Lipinski definition) is 3. The molecule has 4 nitrogen and oxygen atoms in total. The normalized spacial score (nSPS) is 10.9. The topological polar surface area (TPSA) is 53.5 Å². The van der Waals surface area contributed by atoms with Crippen LogP contribution < -0.4 is 10.7 Å². The standard InChI is InChI=1S/C19H16BrN3O/c20-16-8-3-5-14(11-16)12-22-23-19(24)13-21-18-10-4-7-15-6-1-2-9-17(15)18/h1-12,21H,13H2,(H,23,24)/b22-12+. The Labute approximate surface area is 148 Å². The molecule has 0 fully saturated rings. The van der Waals surface area contributed by atoms with E-state index in [2.05, 4.69) is 31.8 Å². The van der Waals surface area contributed by atoms with E-state index >= 15 is 0 Å². The quantitative estimate of drug-likeness (QED) is 0.514. The number of nitrogens with zero attached hydrogens (tertiary/aromatic N) is 1. The van der Waals surface area contributed by atoms with Crippen LogP contribution in [-0.4, -0.2) is 18.7 Å². The Morgan fingerprint density at radius 1 is 1.04 bits per heavy atom. The minimum absolute atomic E-state index is 0.157. The van der Waals surface area contributed by atoms with Gasteiger partial charge in [0.05, 0.1) is 12.8 Å². The maximum atomic E-state index is 11.9. The number of rotatable bonds is 5. The average Bonchev–Trinajstić information content (AvgIpc) is 2.60. The summed E-state index contributed by atoms with van der Waals surface area (Å²) in [4.78, 5) is 11.9. The van der Waals surface area contributed by atoms with Gasteiger partial charge in [-0.1, -0.05) is 64.5 Å². The van der Waals surface area contributed by atoms with Crippen LogP contribution in [0.2, 0.25) is 0 Å². The highest BCUT2D eigenvalue weighted by molar-refractivity contribution is 9.10. The first-order valence-electron chi connectivity index (χ1n) is 7.51. The van der Waals surface area contributed by atoms with Gasteiger partial charge in [-0.15, -0.1) is 0 Å². The predicted molar refractivity (Wildman–Crippen MR) is 102 cm³/mol. The highest BCUT2D eigenvalue weighted by Gasteiger charge is 2.03. The van der Waals surface area contributed by atoms with Crippen molar-refractivity contribution in [2.45, 2.75) is 0 Å². The Balaban J connectivity index is 1.57. The van der Waals surface area contributed by atoms with Crippen LogP contribution in [0.5, 0.6) is 0 Å². The maximum absolute atomic E-state index is 11.9. The summed E-state index contributed by atoms with van der Waals surface area (Å²) in [6.07, 6.45) is 1.61. The highest BCUT2D eigenvalue weighted by atomic mass is 79.9. The molecule has 3 rings (SSSR count).